The second-order valence-electron chi connectivity index (χ2n) is 7.57. The fraction of sp³-hybridized carbons (Fsp3) is 0.261. The summed E-state index contributed by atoms with van der Waals surface area (Å²) in [5.74, 6) is -0.500. The van der Waals surface area contributed by atoms with Crippen LogP contribution in [0.2, 0.25) is 0 Å². The standard InChI is InChI=1S/C23H24N2O3S/c1-17-8-12-22(13-9-17)29(27,28)25-14-4-7-20(16-25)23(26)24-21-11-10-18-5-2-3-6-19(18)15-21/h2-3,5-6,8-13,15,20H,4,7,14,16H2,1H3,(H,24,26)/t20-/m1/s1. The summed E-state index contributed by atoms with van der Waals surface area (Å²) in [6, 6.07) is 20.6. The van der Waals surface area contributed by atoms with Gasteiger partial charge in [-0.25, -0.2) is 8.42 Å². The van der Waals surface area contributed by atoms with Crippen molar-refractivity contribution in [3.63, 3.8) is 0 Å². The monoisotopic (exact) mass is 408 g/mol. The number of amides is 1. The Labute approximate surface area is 171 Å². The third-order valence-corrected chi connectivity index (χ3v) is 7.31. The van der Waals surface area contributed by atoms with Crippen molar-refractivity contribution in [3.8, 4) is 0 Å². The minimum atomic E-state index is -3.59. The smallest absolute Gasteiger partial charge is 0.243 e. The highest BCUT2D eigenvalue weighted by Gasteiger charge is 2.33. The Kier molecular flexibility index (Phi) is 5.39. The van der Waals surface area contributed by atoms with E-state index < -0.39 is 10.0 Å². The Morgan fingerprint density at radius 2 is 1.72 bits per heavy atom. The molecule has 1 aliphatic rings. The van der Waals surface area contributed by atoms with E-state index in [-0.39, 0.29) is 23.3 Å². The quantitative estimate of drug-likeness (QED) is 0.704. The molecule has 1 fully saturated rings. The summed E-state index contributed by atoms with van der Waals surface area (Å²) in [6.07, 6.45) is 1.35. The number of anilines is 1. The molecule has 1 aliphatic heterocycles. The molecule has 5 nitrogen and oxygen atoms in total. The van der Waals surface area contributed by atoms with E-state index in [1.54, 1.807) is 24.3 Å². The first-order valence-corrected chi connectivity index (χ1v) is 11.2. The van der Waals surface area contributed by atoms with Crippen molar-refractivity contribution >= 4 is 32.4 Å². The molecule has 0 radical (unpaired) electrons. The molecule has 1 N–H and O–H groups in total. The zero-order valence-electron chi connectivity index (χ0n) is 16.3. The summed E-state index contributed by atoms with van der Waals surface area (Å²) in [5.41, 5.74) is 1.74. The molecule has 1 atom stereocenters. The summed E-state index contributed by atoms with van der Waals surface area (Å²) >= 11 is 0. The number of fused-ring (bicyclic) bond motifs is 1. The minimum Gasteiger partial charge on any atom is -0.326 e. The fourth-order valence-electron chi connectivity index (χ4n) is 3.75. The number of carbonyl (C=O) groups is 1. The van der Waals surface area contributed by atoms with Crippen molar-refractivity contribution in [3.05, 3.63) is 72.3 Å². The lowest BCUT2D eigenvalue weighted by Gasteiger charge is -2.31. The molecule has 0 spiro atoms. The minimum absolute atomic E-state index is 0.135. The normalized spacial score (nSPS) is 17.9. The molecule has 1 saturated heterocycles. The molecule has 1 amide bonds. The van der Waals surface area contributed by atoms with E-state index in [0.717, 1.165) is 22.0 Å². The molecular weight excluding hydrogens is 384 g/mol. The highest BCUT2D eigenvalue weighted by Crippen LogP contribution is 2.26. The van der Waals surface area contributed by atoms with Gasteiger partial charge in [0.15, 0.2) is 0 Å². The Morgan fingerprint density at radius 3 is 2.48 bits per heavy atom. The van der Waals surface area contributed by atoms with E-state index in [0.29, 0.717) is 19.4 Å². The molecule has 0 bridgehead atoms. The van der Waals surface area contributed by atoms with Crippen LogP contribution in [0.5, 0.6) is 0 Å². The van der Waals surface area contributed by atoms with Crippen LogP contribution in [0.15, 0.2) is 71.6 Å². The summed E-state index contributed by atoms with van der Waals surface area (Å²) < 4.78 is 27.4. The van der Waals surface area contributed by atoms with Gasteiger partial charge in [0.25, 0.3) is 0 Å². The number of nitrogens with zero attached hydrogens (tertiary/aromatic N) is 1. The first-order chi connectivity index (χ1) is 13.9. The molecule has 1 heterocycles. The molecule has 3 aromatic carbocycles. The van der Waals surface area contributed by atoms with E-state index in [1.165, 1.54) is 4.31 Å². The first kappa shape index (κ1) is 19.6. The number of rotatable bonds is 4. The van der Waals surface area contributed by atoms with Crippen molar-refractivity contribution < 1.29 is 13.2 Å². The van der Waals surface area contributed by atoms with E-state index in [4.69, 9.17) is 0 Å². The number of hydrogen-bond donors (Lipinski definition) is 1. The maximum absolute atomic E-state index is 13.0. The summed E-state index contributed by atoms with van der Waals surface area (Å²) in [5, 5.41) is 5.13. The van der Waals surface area contributed by atoms with E-state index in [9.17, 15) is 13.2 Å². The summed E-state index contributed by atoms with van der Waals surface area (Å²) in [6.45, 7) is 2.57. The van der Waals surface area contributed by atoms with Gasteiger partial charge >= 0.3 is 0 Å². The number of carbonyl (C=O) groups excluding carboxylic acids is 1. The average molecular weight is 409 g/mol. The van der Waals surface area contributed by atoms with E-state index in [1.807, 2.05) is 49.4 Å². The Hall–Kier alpha value is -2.70. The SMILES string of the molecule is Cc1ccc(S(=O)(=O)N2CCC[C@@H](C(=O)Nc3ccc4ccccc4c3)C2)cc1. The van der Waals surface area contributed by atoms with Crippen molar-refractivity contribution in [2.24, 2.45) is 5.92 Å². The third-order valence-electron chi connectivity index (χ3n) is 5.43. The number of hydrogen-bond acceptors (Lipinski definition) is 3. The summed E-state index contributed by atoms with van der Waals surface area (Å²) in [7, 11) is -3.59. The predicted molar refractivity (Wildman–Crippen MR) is 115 cm³/mol. The number of benzene rings is 3. The summed E-state index contributed by atoms with van der Waals surface area (Å²) in [4.78, 5) is 13.1. The lowest BCUT2D eigenvalue weighted by Crippen LogP contribution is -2.43. The van der Waals surface area contributed by atoms with E-state index >= 15 is 0 Å². The van der Waals surface area contributed by atoms with Gasteiger partial charge in [-0.15, -0.1) is 0 Å². The van der Waals surface area contributed by atoms with Crippen molar-refractivity contribution in [1.29, 1.82) is 0 Å². The van der Waals surface area contributed by atoms with Gasteiger partial charge in [0.1, 0.15) is 0 Å². The zero-order chi connectivity index (χ0) is 20.4. The van der Waals surface area contributed by atoms with Crippen LogP contribution in [0.3, 0.4) is 0 Å². The molecule has 4 rings (SSSR count). The largest absolute Gasteiger partial charge is 0.326 e. The number of aryl methyl sites for hydroxylation is 1. The molecule has 6 heteroatoms. The molecule has 0 unspecified atom stereocenters. The lowest BCUT2D eigenvalue weighted by molar-refractivity contribution is -0.120. The van der Waals surface area contributed by atoms with Gasteiger partial charge in [-0.1, -0.05) is 48.0 Å². The number of nitrogens with one attached hydrogen (secondary N) is 1. The van der Waals surface area contributed by atoms with Crippen LogP contribution in [-0.2, 0) is 14.8 Å². The van der Waals surface area contributed by atoms with Crippen molar-refractivity contribution in [2.45, 2.75) is 24.7 Å². The van der Waals surface area contributed by atoms with Crippen LogP contribution in [0.25, 0.3) is 10.8 Å². The Morgan fingerprint density at radius 1 is 1.00 bits per heavy atom. The molecule has 3 aromatic rings. The number of sulfonamides is 1. The highest BCUT2D eigenvalue weighted by atomic mass is 32.2. The van der Waals surface area contributed by atoms with Gasteiger partial charge < -0.3 is 5.32 Å². The first-order valence-electron chi connectivity index (χ1n) is 9.80. The van der Waals surface area contributed by atoms with Gasteiger partial charge in [0, 0.05) is 18.8 Å². The molecule has 29 heavy (non-hydrogen) atoms. The Bertz CT molecular complexity index is 1140. The van der Waals surface area contributed by atoms with Crippen LogP contribution in [0.1, 0.15) is 18.4 Å². The van der Waals surface area contributed by atoms with Gasteiger partial charge in [-0.2, -0.15) is 4.31 Å². The maximum atomic E-state index is 13.0. The topological polar surface area (TPSA) is 66.5 Å². The van der Waals surface area contributed by atoms with Crippen LogP contribution in [-0.4, -0.2) is 31.7 Å². The molecule has 0 saturated carbocycles. The Balaban J connectivity index is 1.48. The van der Waals surface area contributed by atoms with Crippen LogP contribution < -0.4 is 5.32 Å². The number of piperidine rings is 1. The van der Waals surface area contributed by atoms with Crippen LogP contribution >= 0.6 is 0 Å². The molecule has 0 aromatic heterocycles. The predicted octanol–water partition coefficient (Wildman–Crippen LogP) is 4.19. The fourth-order valence-corrected chi connectivity index (χ4v) is 5.27. The van der Waals surface area contributed by atoms with Crippen LogP contribution in [0, 0.1) is 12.8 Å². The highest BCUT2D eigenvalue weighted by molar-refractivity contribution is 7.89. The van der Waals surface area contributed by atoms with Gasteiger partial charge in [-0.3, -0.25) is 4.79 Å². The molecular formula is C23H24N2O3S. The third kappa shape index (κ3) is 4.18. The average Bonchev–Trinajstić information content (AvgIpc) is 2.74. The molecule has 0 aliphatic carbocycles. The van der Waals surface area contributed by atoms with Crippen molar-refractivity contribution in [2.75, 3.05) is 18.4 Å². The van der Waals surface area contributed by atoms with E-state index in [2.05, 4.69) is 5.32 Å². The second-order valence-corrected chi connectivity index (χ2v) is 9.50. The zero-order valence-corrected chi connectivity index (χ0v) is 17.2. The van der Waals surface area contributed by atoms with Gasteiger partial charge in [0.2, 0.25) is 15.9 Å². The maximum Gasteiger partial charge on any atom is 0.243 e. The van der Waals surface area contributed by atoms with Gasteiger partial charge in [0.05, 0.1) is 10.8 Å². The van der Waals surface area contributed by atoms with Crippen molar-refractivity contribution in [1.82, 2.24) is 4.31 Å². The second kappa shape index (κ2) is 7.97. The molecule has 150 valence electrons. The van der Waals surface area contributed by atoms with Gasteiger partial charge in [-0.05, 0) is 54.8 Å². The van der Waals surface area contributed by atoms with Crippen LogP contribution in [0.4, 0.5) is 5.69 Å². The lowest BCUT2D eigenvalue weighted by atomic mass is 9.98.